The number of esters is 1. The summed E-state index contributed by atoms with van der Waals surface area (Å²) < 4.78 is 41.0. The van der Waals surface area contributed by atoms with E-state index < -0.39 is 28.8 Å². The molecule has 0 fully saturated rings. The van der Waals surface area contributed by atoms with Crippen molar-refractivity contribution in [3.63, 3.8) is 0 Å². The molecule has 2 aliphatic heterocycles. The molecule has 0 radical (unpaired) electrons. The summed E-state index contributed by atoms with van der Waals surface area (Å²) in [5.41, 5.74) is 1.22. The van der Waals surface area contributed by atoms with E-state index in [0.29, 0.717) is 39.8 Å². The summed E-state index contributed by atoms with van der Waals surface area (Å²) in [6.45, 7) is 7.72. The highest BCUT2D eigenvalue weighted by atomic mass is 19.2. The molecule has 33 heavy (non-hydrogen) atoms. The lowest BCUT2D eigenvalue weighted by Gasteiger charge is -2.38. The maximum atomic E-state index is 13.8. The summed E-state index contributed by atoms with van der Waals surface area (Å²) in [7, 11) is 0. The molecule has 1 aromatic carbocycles. The Kier molecular flexibility index (Phi) is 4.72. The van der Waals surface area contributed by atoms with Gasteiger partial charge in [-0.2, -0.15) is 0 Å². The second-order valence-electron chi connectivity index (χ2n) is 9.67. The fourth-order valence-electron chi connectivity index (χ4n) is 4.91. The van der Waals surface area contributed by atoms with Crippen molar-refractivity contribution in [1.82, 2.24) is 9.55 Å². The van der Waals surface area contributed by atoms with Gasteiger partial charge in [0.1, 0.15) is 12.2 Å². The largest absolute Gasteiger partial charge is 0.460 e. The molecule has 8 heteroatoms. The second kappa shape index (κ2) is 7.18. The second-order valence-corrected chi connectivity index (χ2v) is 9.67. The predicted molar refractivity (Wildman–Crippen MR) is 118 cm³/mol. The molecule has 0 spiro atoms. The zero-order valence-corrected chi connectivity index (χ0v) is 18.9. The maximum Gasteiger partial charge on any atom is 0.309 e. The van der Waals surface area contributed by atoms with Crippen molar-refractivity contribution in [2.45, 2.75) is 64.9 Å². The van der Waals surface area contributed by atoms with Gasteiger partial charge in [0.2, 0.25) is 0 Å². The topological polar surface area (TPSA) is 70.4 Å². The number of ether oxygens (including phenoxy) is 2. The van der Waals surface area contributed by atoms with Crippen LogP contribution in [0.3, 0.4) is 0 Å². The zero-order valence-electron chi connectivity index (χ0n) is 18.9. The smallest absolute Gasteiger partial charge is 0.309 e. The van der Waals surface area contributed by atoms with Gasteiger partial charge in [-0.05, 0) is 51.0 Å². The van der Waals surface area contributed by atoms with Crippen LogP contribution >= 0.6 is 0 Å². The summed E-state index contributed by atoms with van der Waals surface area (Å²) in [5.74, 6) is -2.35. The summed E-state index contributed by atoms with van der Waals surface area (Å²) in [6.07, 6.45) is 0.441. The highest BCUT2D eigenvalue weighted by Gasteiger charge is 2.44. The van der Waals surface area contributed by atoms with E-state index in [2.05, 4.69) is 4.98 Å². The standard InChI is InChI=1S/C25H24F2N2O4/c1-5-25(33-24(2,3)4)10-21(30)32-12-15-16(25)8-20-22-14(11-29(20)23(15)31)6-13-7-17(26)18(27)9-19(13)28-22/h6-9H,5,10-12H2,1-4H3/t25-/m1/s1. The fourth-order valence-corrected chi connectivity index (χ4v) is 4.91. The molecule has 2 aromatic heterocycles. The van der Waals surface area contributed by atoms with Crippen LogP contribution in [0.2, 0.25) is 0 Å². The number of nitrogens with zero attached hydrogens (tertiary/aromatic N) is 2. The third-order valence-corrected chi connectivity index (χ3v) is 6.28. The number of hydrogen-bond donors (Lipinski definition) is 0. The quantitative estimate of drug-likeness (QED) is 0.415. The van der Waals surface area contributed by atoms with Crippen molar-refractivity contribution in [3.05, 3.63) is 62.9 Å². The maximum absolute atomic E-state index is 13.8. The number of fused-ring (bicyclic) bond motifs is 5. The number of cyclic esters (lactones) is 1. The van der Waals surface area contributed by atoms with Gasteiger partial charge in [-0.25, -0.2) is 13.8 Å². The Bertz CT molecular complexity index is 1390. The highest BCUT2D eigenvalue weighted by molar-refractivity contribution is 5.84. The molecule has 0 saturated carbocycles. The van der Waals surface area contributed by atoms with E-state index in [9.17, 15) is 18.4 Å². The van der Waals surface area contributed by atoms with Crippen LogP contribution in [0.1, 0.15) is 57.2 Å². The molecule has 1 atom stereocenters. The van der Waals surface area contributed by atoms with Crippen LogP contribution in [-0.4, -0.2) is 21.1 Å². The Labute approximate surface area is 189 Å². The molecule has 0 amide bonds. The first kappa shape index (κ1) is 21.7. The summed E-state index contributed by atoms with van der Waals surface area (Å²) >= 11 is 0. The lowest BCUT2D eigenvalue weighted by molar-refractivity contribution is -0.167. The average molecular weight is 454 g/mol. The Morgan fingerprint density at radius 1 is 1.15 bits per heavy atom. The predicted octanol–water partition coefficient (Wildman–Crippen LogP) is 4.57. The van der Waals surface area contributed by atoms with Gasteiger partial charge >= 0.3 is 5.97 Å². The van der Waals surface area contributed by atoms with Crippen molar-refractivity contribution in [3.8, 4) is 11.4 Å². The zero-order chi connectivity index (χ0) is 23.7. The average Bonchev–Trinajstić information content (AvgIpc) is 3.01. The number of aromatic nitrogens is 2. The molecule has 6 nitrogen and oxygen atoms in total. The molecule has 0 saturated heterocycles. The molecule has 0 unspecified atom stereocenters. The molecule has 172 valence electrons. The van der Waals surface area contributed by atoms with Crippen molar-refractivity contribution in [2.75, 3.05) is 0 Å². The minimum atomic E-state index is -1.04. The lowest BCUT2D eigenvalue weighted by atomic mass is 9.84. The molecule has 5 rings (SSSR count). The fraction of sp³-hybridized carbons (Fsp3) is 0.400. The Morgan fingerprint density at radius 2 is 1.88 bits per heavy atom. The Morgan fingerprint density at radius 3 is 2.58 bits per heavy atom. The molecular formula is C25H24F2N2O4. The minimum Gasteiger partial charge on any atom is -0.460 e. The normalized spacial score (nSPS) is 19.6. The molecule has 2 aliphatic rings. The number of rotatable bonds is 2. The van der Waals surface area contributed by atoms with Crippen LogP contribution in [-0.2, 0) is 33.0 Å². The minimum absolute atomic E-state index is 0.0147. The van der Waals surface area contributed by atoms with Crippen LogP contribution in [0, 0.1) is 11.6 Å². The van der Waals surface area contributed by atoms with Gasteiger partial charge in [0.15, 0.2) is 11.6 Å². The first-order valence-electron chi connectivity index (χ1n) is 10.9. The summed E-state index contributed by atoms with van der Waals surface area (Å²) in [6, 6.07) is 5.74. The van der Waals surface area contributed by atoms with E-state index in [1.807, 2.05) is 33.8 Å². The highest BCUT2D eigenvalue weighted by Crippen LogP contribution is 2.43. The molecule has 0 aliphatic carbocycles. The van der Waals surface area contributed by atoms with Crippen LogP contribution in [0.4, 0.5) is 8.78 Å². The molecule has 0 N–H and O–H groups in total. The first-order chi connectivity index (χ1) is 15.5. The number of pyridine rings is 2. The number of hydrogen-bond acceptors (Lipinski definition) is 5. The van der Waals surface area contributed by atoms with Gasteiger partial charge in [-0.1, -0.05) is 6.92 Å². The molecule has 0 bridgehead atoms. The number of carbonyl (C=O) groups is 1. The van der Waals surface area contributed by atoms with Crippen LogP contribution < -0.4 is 5.56 Å². The Hall–Kier alpha value is -3.13. The van der Waals surface area contributed by atoms with Crippen molar-refractivity contribution >= 4 is 16.9 Å². The van der Waals surface area contributed by atoms with E-state index >= 15 is 0 Å². The van der Waals surface area contributed by atoms with E-state index in [-0.39, 0.29) is 25.1 Å². The van der Waals surface area contributed by atoms with Crippen molar-refractivity contribution < 1.29 is 23.0 Å². The Balaban J connectivity index is 1.77. The van der Waals surface area contributed by atoms with Gasteiger partial charge in [-0.15, -0.1) is 0 Å². The van der Waals surface area contributed by atoms with Gasteiger partial charge in [0, 0.05) is 17.0 Å². The van der Waals surface area contributed by atoms with Gasteiger partial charge < -0.3 is 14.0 Å². The van der Waals surface area contributed by atoms with Crippen LogP contribution in [0.15, 0.2) is 29.1 Å². The molecule has 3 aromatic rings. The lowest BCUT2D eigenvalue weighted by Crippen LogP contribution is -2.40. The number of halogens is 2. The summed E-state index contributed by atoms with van der Waals surface area (Å²) in [5, 5.41) is 0.461. The van der Waals surface area contributed by atoms with E-state index in [4.69, 9.17) is 9.47 Å². The third-order valence-electron chi connectivity index (χ3n) is 6.28. The summed E-state index contributed by atoms with van der Waals surface area (Å²) in [4.78, 5) is 30.6. The molecular weight excluding hydrogens is 430 g/mol. The van der Waals surface area contributed by atoms with Crippen molar-refractivity contribution in [2.24, 2.45) is 0 Å². The van der Waals surface area contributed by atoms with Gasteiger partial charge in [-0.3, -0.25) is 9.59 Å². The number of benzene rings is 1. The third kappa shape index (κ3) is 3.44. The molecule has 4 heterocycles. The van der Waals surface area contributed by atoms with Crippen LogP contribution in [0.5, 0.6) is 0 Å². The van der Waals surface area contributed by atoms with Gasteiger partial charge in [0.25, 0.3) is 5.56 Å². The monoisotopic (exact) mass is 454 g/mol. The first-order valence-corrected chi connectivity index (χ1v) is 10.9. The van der Waals surface area contributed by atoms with E-state index in [0.717, 1.165) is 17.7 Å². The van der Waals surface area contributed by atoms with E-state index in [1.54, 1.807) is 10.6 Å². The van der Waals surface area contributed by atoms with Crippen LogP contribution in [0.25, 0.3) is 22.3 Å². The van der Waals surface area contributed by atoms with E-state index in [1.165, 1.54) is 0 Å². The van der Waals surface area contributed by atoms with Crippen molar-refractivity contribution in [1.29, 1.82) is 0 Å². The SMILES string of the molecule is CC[C@@]1(OC(C)(C)C)CC(=O)OCc2c1cc1n(c2=O)Cc2cc3cc(F)c(F)cc3nc2-1. The van der Waals surface area contributed by atoms with Gasteiger partial charge in [0.05, 0.1) is 41.0 Å². The number of carbonyl (C=O) groups excluding carboxylic acids is 1.